The Kier molecular flexibility index (Phi) is 2.76. The third kappa shape index (κ3) is 1.97. The number of hydrogen-bond acceptors (Lipinski definition) is 1. The van der Waals surface area contributed by atoms with Gasteiger partial charge in [0.25, 0.3) is 0 Å². The van der Waals surface area contributed by atoms with Crippen LogP contribution in [0.15, 0.2) is 18.2 Å². The number of benzene rings is 1. The van der Waals surface area contributed by atoms with Crippen LogP contribution in [0.5, 0.6) is 0 Å². The van der Waals surface area contributed by atoms with Crippen LogP contribution in [0, 0.1) is 6.92 Å². The van der Waals surface area contributed by atoms with Gasteiger partial charge in [0.2, 0.25) is 5.91 Å². The molecule has 92 valence electrons. The van der Waals surface area contributed by atoms with Gasteiger partial charge < -0.3 is 4.90 Å². The lowest BCUT2D eigenvalue weighted by Gasteiger charge is -2.40. The molecule has 0 aliphatic carbocycles. The van der Waals surface area contributed by atoms with Gasteiger partial charge in [-0.15, -0.1) is 0 Å². The minimum absolute atomic E-state index is 0.0518. The monoisotopic (exact) mass is 231 g/mol. The zero-order valence-corrected chi connectivity index (χ0v) is 11.4. The molecule has 0 radical (unpaired) electrons. The maximum absolute atomic E-state index is 12.2. The third-order valence-electron chi connectivity index (χ3n) is 3.52. The number of fused-ring (bicyclic) bond motifs is 1. The molecule has 1 heterocycles. The summed E-state index contributed by atoms with van der Waals surface area (Å²) in [5.74, 6) is 0.237. The molecule has 17 heavy (non-hydrogen) atoms. The minimum atomic E-state index is -0.0518. The van der Waals surface area contributed by atoms with E-state index < -0.39 is 0 Å². The summed E-state index contributed by atoms with van der Waals surface area (Å²) in [5.41, 5.74) is 3.59. The second-order valence-electron chi connectivity index (χ2n) is 5.94. The molecule has 0 spiro atoms. The predicted octanol–water partition coefficient (Wildman–Crippen LogP) is 3.42. The molecule has 0 saturated carbocycles. The van der Waals surface area contributed by atoms with Crippen LogP contribution in [-0.2, 0) is 10.2 Å². The summed E-state index contributed by atoms with van der Waals surface area (Å²) in [6, 6.07) is 6.61. The van der Waals surface area contributed by atoms with E-state index in [9.17, 15) is 4.79 Å². The molecular formula is C15H21NO. The van der Waals surface area contributed by atoms with E-state index >= 15 is 0 Å². The fraction of sp³-hybridized carbons (Fsp3) is 0.533. The number of hydrogen-bond donors (Lipinski definition) is 0. The summed E-state index contributed by atoms with van der Waals surface area (Å²) < 4.78 is 0. The van der Waals surface area contributed by atoms with Crippen LogP contribution in [0.25, 0.3) is 0 Å². The van der Waals surface area contributed by atoms with E-state index in [-0.39, 0.29) is 17.4 Å². The molecule has 1 aliphatic rings. The van der Waals surface area contributed by atoms with Gasteiger partial charge >= 0.3 is 0 Å². The highest BCUT2D eigenvalue weighted by Crippen LogP contribution is 2.41. The van der Waals surface area contributed by atoms with Gasteiger partial charge in [0, 0.05) is 23.6 Å². The maximum Gasteiger partial charge on any atom is 0.228 e. The van der Waals surface area contributed by atoms with E-state index in [1.165, 1.54) is 11.1 Å². The molecule has 0 saturated heterocycles. The summed E-state index contributed by atoms with van der Waals surface area (Å²) in [6.45, 7) is 10.5. The smallest absolute Gasteiger partial charge is 0.228 e. The minimum Gasteiger partial charge on any atom is -0.310 e. The molecule has 2 nitrogen and oxygen atoms in total. The lowest BCUT2D eigenvalue weighted by molar-refractivity contribution is -0.120. The fourth-order valence-electron chi connectivity index (χ4n) is 2.66. The second-order valence-corrected chi connectivity index (χ2v) is 5.94. The molecule has 0 aromatic heterocycles. The van der Waals surface area contributed by atoms with E-state index in [4.69, 9.17) is 0 Å². The van der Waals surface area contributed by atoms with Crippen molar-refractivity contribution in [1.82, 2.24) is 0 Å². The molecule has 0 unspecified atom stereocenters. The van der Waals surface area contributed by atoms with Crippen LogP contribution in [0.3, 0.4) is 0 Å². The molecule has 1 amide bonds. The van der Waals surface area contributed by atoms with E-state index in [1.54, 1.807) is 0 Å². The van der Waals surface area contributed by atoms with Crippen molar-refractivity contribution in [1.29, 1.82) is 0 Å². The van der Waals surface area contributed by atoms with Crippen molar-refractivity contribution in [3.8, 4) is 0 Å². The quantitative estimate of drug-likeness (QED) is 0.725. The van der Waals surface area contributed by atoms with Crippen LogP contribution in [0.1, 0.15) is 45.2 Å². The third-order valence-corrected chi connectivity index (χ3v) is 3.52. The number of rotatable bonds is 1. The molecular weight excluding hydrogens is 210 g/mol. The molecule has 0 fully saturated rings. The Labute approximate surface area is 104 Å². The Morgan fingerprint density at radius 2 is 1.94 bits per heavy atom. The number of anilines is 1. The Morgan fingerprint density at radius 3 is 2.53 bits per heavy atom. The number of nitrogens with zero attached hydrogens (tertiary/aromatic N) is 1. The van der Waals surface area contributed by atoms with Crippen molar-refractivity contribution in [2.75, 3.05) is 4.90 Å². The normalized spacial score (nSPS) is 18.5. The van der Waals surface area contributed by atoms with Crippen LogP contribution >= 0.6 is 0 Å². The largest absolute Gasteiger partial charge is 0.310 e. The van der Waals surface area contributed by atoms with Gasteiger partial charge in [0.15, 0.2) is 0 Å². The van der Waals surface area contributed by atoms with Gasteiger partial charge in [0.05, 0.1) is 0 Å². The van der Waals surface area contributed by atoms with Gasteiger partial charge in [0.1, 0.15) is 0 Å². The van der Waals surface area contributed by atoms with Gasteiger partial charge in [-0.1, -0.05) is 31.5 Å². The first-order valence-electron chi connectivity index (χ1n) is 6.26. The number of aryl methyl sites for hydroxylation is 1. The highest BCUT2D eigenvalue weighted by atomic mass is 16.2. The zero-order chi connectivity index (χ0) is 12.8. The first kappa shape index (κ1) is 12.2. The molecule has 0 bridgehead atoms. The summed E-state index contributed by atoms with van der Waals surface area (Å²) in [7, 11) is 0. The Morgan fingerprint density at radius 1 is 1.29 bits per heavy atom. The summed E-state index contributed by atoms with van der Waals surface area (Å²) >= 11 is 0. The molecule has 2 heteroatoms. The average Bonchev–Trinajstić information content (AvgIpc) is 2.17. The molecule has 0 atom stereocenters. The van der Waals surface area contributed by atoms with Gasteiger partial charge in [-0.05, 0) is 32.4 Å². The van der Waals surface area contributed by atoms with Crippen LogP contribution in [-0.4, -0.2) is 11.9 Å². The number of carbonyl (C=O) groups excluding carboxylic acids is 1. The molecule has 1 aliphatic heterocycles. The highest BCUT2D eigenvalue weighted by Gasteiger charge is 2.37. The zero-order valence-electron chi connectivity index (χ0n) is 11.4. The highest BCUT2D eigenvalue weighted by molar-refractivity contribution is 5.98. The van der Waals surface area contributed by atoms with Crippen molar-refractivity contribution in [3.63, 3.8) is 0 Å². The van der Waals surface area contributed by atoms with Crippen molar-refractivity contribution < 1.29 is 4.79 Å². The Hall–Kier alpha value is -1.31. The van der Waals surface area contributed by atoms with Crippen molar-refractivity contribution in [2.45, 2.75) is 52.5 Å². The lowest BCUT2D eigenvalue weighted by atomic mass is 9.76. The van der Waals surface area contributed by atoms with Crippen LogP contribution in [0.4, 0.5) is 5.69 Å². The summed E-state index contributed by atoms with van der Waals surface area (Å²) in [5, 5.41) is 0. The lowest BCUT2D eigenvalue weighted by Crippen LogP contribution is -2.45. The molecule has 0 N–H and O–H groups in total. The van der Waals surface area contributed by atoms with Crippen molar-refractivity contribution in [3.05, 3.63) is 29.3 Å². The maximum atomic E-state index is 12.2. The Bertz CT molecular complexity index is 460. The molecule has 1 aromatic rings. The van der Waals surface area contributed by atoms with Crippen LogP contribution in [0.2, 0.25) is 0 Å². The first-order chi connectivity index (χ1) is 7.83. The summed E-state index contributed by atoms with van der Waals surface area (Å²) in [6.07, 6.45) is 0.599. The topological polar surface area (TPSA) is 20.3 Å². The predicted molar refractivity (Wildman–Crippen MR) is 71.4 cm³/mol. The number of amides is 1. The first-order valence-corrected chi connectivity index (χ1v) is 6.26. The van der Waals surface area contributed by atoms with Crippen LogP contribution < -0.4 is 4.90 Å². The van der Waals surface area contributed by atoms with E-state index in [1.807, 2.05) is 4.90 Å². The van der Waals surface area contributed by atoms with E-state index in [0.29, 0.717) is 6.42 Å². The second kappa shape index (κ2) is 3.86. The van der Waals surface area contributed by atoms with E-state index in [2.05, 4.69) is 52.8 Å². The van der Waals surface area contributed by atoms with E-state index in [0.717, 1.165) is 5.69 Å². The standard InChI is InChI=1S/C15H21NO/c1-10(2)16-13-7-6-11(3)8-12(13)15(4,5)9-14(16)17/h6-8,10H,9H2,1-5H3. The van der Waals surface area contributed by atoms with Gasteiger partial charge in [-0.3, -0.25) is 4.79 Å². The Balaban J connectivity index is 2.63. The van der Waals surface area contributed by atoms with Crippen molar-refractivity contribution >= 4 is 11.6 Å². The molecule has 2 rings (SSSR count). The summed E-state index contributed by atoms with van der Waals surface area (Å²) in [4.78, 5) is 14.2. The molecule has 1 aromatic carbocycles. The van der Waals surface area contributed by atoms with Crippen molar-refractivity contribution in [2.24, 2.45) is 0 Å². The fourth-order valence-corrected chi connectivity index (χ4v) is 2.66. The number of carbonyl (C=O) groups is 1. The average molecular weight is 231 g/mol. The SMILES string of the molecule is Cc1ccc2c(c1)C(C)(C)CC(=O)N2C(C)C. The van der Waals surface area contributed by atoms with Gasteiger partial charge in [-0.25, -0.2) is 0 Å². The van der Waals surface area contributed by atoms with Gasteiger partial charge in [-0.2, -0.15) is 0 Å².